The van der Waals surface area contributed by atoms with Crippen LogP contribution < -0.4 is 26.8 Å². The molecule has 4 aromatic rings. The number of imide groups is 1. The van der Waals surface area contributed by atoms with Crippen molar-refractivity contribution in [1.29, 1.82) is 0 Å². The molecule has 0 unspecified atom stereocenters. The first kappa shape index (κ1) is 39.3. The van der Waals surface area contributed by atoms with Gasteiger partial charge in [0.1, 0.15) is 17.6 Å². The number of benzene rings is 2. The quantitative estimate of drug-likeness (QED) is 0.117. The summed E-state index contributed by atoms with van der Waals surface area (Å²) in [5.41, 5.74) is 2.88. The van der Waals surface area contributed by atoms with E-state index < -0.39 is 11.9 Å². The van der Waals surface area contributed by atoms with E-state index in [2.05, 4.69) is 41.1 Å². The molecular formula is C44H50F2N8O4. The van der Waals surface area contributed by atoms with Crippen molar-refractivity contribution < 1.29 is 23.2 Å². The van der Waals surface area contributed by atoms with Crippen molar-refractivity contribution >= 4 is 29.4 Å². The Labute approximate surface area is 336 Å². The molecule has 8 rings (SSSR count). The van der Waals surface area contributed by atoms with Crippen LogP contribution in [-0.2, 0) is 14.4 Å². The first-order chi connectivity index (χ1) is 28.2. The van der Waals surface area contributed by atoms with E-state index in [4.69, 9.17) is 0 Å². The van der Waals surface area contributed by atoms with Gasteiger partial charge in [0, 0.05) is 53.5 Å². The Hall–Kier alpha value is -5.50. The number of hydrogen-bond donors (Lipinski definition) is 5. The third-order valence-electron chi connectivity index (χ3n) is 12.5. The van der Waals surface area contributed by atoms with Crippen LogP contribution in [0.25, 0.3) is 22.4 Å². The number of likely N-dealkylation sites (tertiary alicyclic amines) is 1. The highest BCUT2D eigenvalue weighted by molar-refractivity contribution is 6.01. The lowest BCUT2D eigenvalue weighted by Gasteiger charge is -2.41. The van der Waals surface area contributed by atoms with Gasteiger partial charge in [0.2, 0.25) is 23.7 Å². The number of aromatic amines is 1. The van der Waals surface area contributed by atoms with Crippen LogP contribution in [0.5, 0.6) is 0 Å². The Balaban J connectivity index is 0.760. The summed E-state index contributed by atoms with van der Waals surface area (Å²) < 4.78 is 30.2. The molecule has 2 aliphatic heterocycles. The van der Waals surface area contributed by atoms with Gasteiger partial charge in [-0.3, -0.25) is 24.5 Å². The first-order valence-corrected chi connectivity index (χ1v) is 20.7. The van der Waals surface area contributed by atoms with Gasteiger partial charge in [-0.1, -0.05) is 24.3 Å². The Morgan fingerprint density at radius 1 is 0.776 bits per heavy atom. The summed E-state index contributed by atoms with van der Waals surface area (Å²) >= 11 is 0. The van der Waals surface area contributed by atoms with Crippen LogP contribution in [0.4, 0.5) is 20.4 Å². The summed E-state index contributed by atoms with van der Waals surface area (Å²) in [7, 11) is 0. The molecule has 4 aliphatic rings. The summed E-state index contributed by atoms with van der Waals surface area (Å²) in [5.74, 6) is -0.853. The van der Waals surface area contributed by atoms with Gasteiger partial charge in [-0.25, -0.2) is 18.7 Å². The van der Waals surface area contributed by atoms with Crippen molar-refractivity contribution in [2.24, 2.45) is 5.92 Å². The fourth-order valence-electron chi connectivity index (χ4n) is 9.26. The average molecular weight is 793 g/mol. The smallest absolute Gasteiger partial charge is 0.255 e. The van der Waals surface area contributed by atoms with Crippen molar-refractivity contribution in [3.05, 3.63) is 94.5 Å². The average Bonchev–Trinajstić information content (AvgIpc) is 3.24. The van der Waals surface area contributed by atoms with Crippen molar-refractivity contribution in [2.45, 2.75) is 107 Å². The van der Waals surface area contributed by atoms with Crippen LogP contribution in [0.1, 0.15) is 88.5 Å². The van der Waals surface area contributed by atoms with Crippen LogP contribution in [0.15, 0.2) is 71.8 Å². The minimum atomic E-state index is -0.551. The standard InChI is InChI=1S/C44H50F2N8O4/c45-36-24-32(49-38-16-17-39(55)52-43(38)58)12-15-34(36)26-18-21-54(22-19-26)33-13-6-27(7-14-33)41(56)50-30-8-10-31(11-9-30)51-44-48-25-37(46)40(53-44)29-4-1-3-28(23-29)35-5-2-20-47-42(35)57/h1-5,12,15,20,23-27,30-31,33,38,49H,6-11,13-14,16-19,21-22H2,(H,47,57)(H,50,56)(H,48,51,53)(H,52,55,58)/t27-,30-,31-,33-,38-/m1/s1. The summed E-state index contributed by atoms with van der Waals surface area (Å²) in [6.45, 7) is 1.79. The number of piperidine rings is 2. The Bertz CT molecular complexity index is 2190. The number of H-pyrrole nitrogens is 1. The Morgan fingerprint density at radius 2 is 1.53 bits per heavy atom. The van der Waals surface area contributed by atoms with Gasteiger partial charge in [0.15, 0.2) is 5.82 Å². The zero-order chi connectivity index (χ0) is 40.2. The van der Waals surface area contributed by atoms with Crippen molar-refractivity contribution in [3.63, 3.8) is 0 Å². The van der Waals surface area contributed by atoms with E-state index in [0.717, 1.165) is 77.3 Å². The van der Waals surface area contributed by atoms with E-state index in [1.807, 2.05) is 18.2 Å². The van der Waals surface area contributed by atoms with Gasteiger partial charge in [-0.15, -0.1) is 0 Å². The summed E-state index contributed by atoms with van der Waals surface area (Å²) in [5, 5.41) is 12.1. The number of anilines is 2. The molecule has 0 radical (unpaired) electrons. The molecule has 2 aliphatic carbocycles. The van der Waals surface area contributed by atoms with E-state index in [0.29, 0.717) is 46.4 Å². The highest BCUT2D eigenvalue weighted by Crippen LogP contribution is 2.36. The summed E-state index contributed by atoms with van der Waals surface area (Å²) in [4.78, 5) is 63.2. The molecular weight excluding hydrogens is 743 g/mol. The minimum Gasteiger partial charge on any atom is -0.374 e. The van der Waals surface area contributed by atoms with Crippen molar-refractivity contribution in [1.82, 2.24) is 30.5 Å². The number of carbonyl (C=O) groups excluding carboxylic acids is 3. The monoisotopic (exact) mass is 792 g/mol. The molecule has 304 valence electrons. The van der Waals surface area contributed by atoms with Crippen LogP contribution in [0, 0.1) is 17.6 Å². The number of rotatable bonds is 10. The molecule has 12 nitrogen and oxygen atoms in total. The first-order valence-electron chi connectivity index (χ1n) is 20.7. The Morgan fingerprint density at radius 3 is 2.28 bits per heavy atom. The van der Waals surface area contributed by atoms with E-state index >= 15 is 4.39 Å². The second kappa shape index (κ2) is 17.6. The molecule has 4 fully saturated rings. The molecule has 4 heterocycles. The van der Waals surface area contributed by atoms with Gasteiger partial charge in [-0.2, -0.15) is 0 Å². The highest BCUT2D eigenvalue weighted by Gasteiger charge is 2.34. The maximum Gasteiger partial charge on any atom is 0.255 e. The van der Waals surface area contributed by atoms with Gasteiger partial charge in [0.05, 0.1) is 6.20 Å². The molecule has 0 bridgehead atoms. The summed E-state index contributed by atoms with van der Waals surface area (Å²) in [6, 6.07) is 15.8. The molecule has 5 N–H and O–H groups in total. The molecule has 3 amide bonds. The summed E-state index contributed by atoms with van der Waals surface area (Å²) in [6.07, 6.45) is 12.1. The number of pyridine rings is 1. The molecule has 2 saturated carbocycles. The second-order valence-electron chi connectivity index (χ2n) is 16.3. The zero-order valence-corrected chi connectivity index (χ0v) is 32.4. The van der Waals surface area contributed by atoms with E-state index in [9.17, 15) is 23.6 Å². The lowest BCUT2D eigenvalue weighted by molar-refractivity contribution is -0.133. The number of carbonyl (C=O) groups is 3. The molecule has 2 saturated heterocycles. The fraction of sp³-hybridized carbons (Fsp3) is 0.455. The van der Waals surface area contributed by atoms with Gasteiger partial charge < -0.3 is 25.8 Å². The van der Waals surface area contributed by atoms with Crippen LogP contribution in [-0.4, -0.2) is 74.8 Å². The third-order valence-corrected chi connectivity index (χ3v) is 12.5. The number of amides is 3. The van der Waals surface area contributed by atoms with Gasteiger partial charge in [-0.05, 0) is 131 Å². The number of halogens is 2. The van der Waals surface area contributed by atoms with Crippen LogP contribution in [0.3, 0.4) is 0 Å². The largest absolute Gasteiger partial charge is 0.374 e. The van der Waals surface area contributed by atoms with Gasteiger partial charge >= 0.3 is 0 Å². The molecule has 2 aromatic carbocycles. The fourth-order valence-corrected chi connectivity index (χ4v) is 9.26. The number of nitrogens with one attached hydrogen (secondary N) is 5. The van der Waals surface area contributed by atoms with Crippen LogP contribution in [0.2, 0.25) is 0 Å². The van der Waals surface area contributed by atoms with E-state index in [1.165, 1.54) is 12.3 Å². The molecule has 2 aromatic heterocycles. The topological polar surface area (TPSA) is 161 Å². The van der Waals surface area contributed by atoms with Gasteiger partial charge in [0.25, 0.3) is 5.56 Å². The zero-order valence-electron chi connectivity index (χ0n) is 32.4. The minimum absolute atomic E-state index is 0.0100. The predicted molar refractivity (Wildman–Crippen MR) is 217 cm³/mol. The highest BCUT2D eigenvalue weighted by atomic mass is 19.1. The van der Waals surface area contributed by atoms with E-state index in [1.54, 1.807) is 36.5 Å². The number of aromatic nitrogens is 3. The maximum atomic E-state index is 15.3. The Kier molecular flexibility index (Phi) is 11.9. The lowest BCUT2D eigenvalue weighted by atomic mass is 9.82. The second-order valence-corrected chi connectivity index (χ2v) is 16.3. The molecule has 1 atom stereocenters. The SMILES string of the molecule is O=C1CC[C@@H](Nc2ccc(C3CCN([C@H]4CC[C@H](C(=O)N[C@H]5CC[C@H](Nc6ncc(F)c(-c7cccc(-c8ccc[nH]c8=O)c7)n6)CC5)CC4)CC3)c(F)c2)C(=O)N1. The maximum absolute atomic E-state index is 15.3. The van der Waals surface area contributed by atoms with Crippen molar-refractivity contribution in [3.8, 4) is 22.4 Å². The lowest BCUT2D eigenvalue weighted by Crippen LogP contribution is -2.47. The van der Waals surface area contributed by atoms with E-state index in [-0.39, 0.29) is 65.1 Å². The molecule has 58 heavy (non-hydrogen) atoms. The molecule has 14 heteroatoms. The third kappa shape index (κ3) is 9.12. The van der Waals surface area contributed by atoms with Crippen molar-refractivity contribution in [2.75, 3.05) is 23.7 Å². The predicted octanol–water partition coefficient (Wildman–Crippen LogP) is 6.27. The molecule has 0 spiro atoms. The normalized spacial score (nSPS) is 24.5. The number of nitrogens with zero attached hydrogens (tertiary/aromatic N) is 3. The number of hydrogen-bond acceptors (Lipinski definition) is 9. The van der Waals surface area contributed by atoms with Crippen LogP contribution >= 0.6 is 0 Å².